The van der Waals surface area contributed by atoms with E-state index in [9.17, 15) is 28.9 Å². The average molecular weight is 810 g/mol. The van der Waals surface area contributed by atoms with Crippen LogP contribution in [0.2, 0.25) is 15.1 Å². The minimum absolute atomic E-state index is 0.0213. The van der Waals surface area contributed by atoms with Crippen LogP contribution in [-0.2, 0) is 14.2 Å². The Balaban J connectivity index is 0.000000369. The lowest BCUT2D eigenvalue weighted by Gasteiger charge is -2.30. The number of imidazole rings is 1. The fourth-order valence-electron chi connectivity index (χ4n) is 5.86. The Hall–Kier alpha value is -2.38. The first-order valence-corrected chi connectivity index (χ1v) is 20.4. The molecule has 2 unspecified atom stereocenters. The number of nitrogens with two attached hydrogens (primary N) is 1. The topological polar surface area (TPSA) is 189 Å². The summed E-state index contributed by atoms with van der Waals surface area (Å²) in [5.41, 5.74) is 5.43. The smallest absolute Gasteiger partial charge is 0.329 e. The van der Waals surface area contributed by atoms with Gasteiger partial charge in [-0.2, -0.15) is 0 Å². The number of ether oxygens (including phenoxy) is 1. The van der Waals surface area contributed by atoms with Crippen LogP contribution in [-0.4, -0.2) is 92.4 Å². The monoisotopic (exact) mass is 808 g/mol. The standard InChI is InChI=1S/C20H40N3O5P.C15H16Cl3N3O2/c1-12(2)17(21)19(25)23-18(13(3)4)20(26)22-11-15(24)10-16(29(27)28)14-8-6-5-7-9-14;1-2-4-20(15(22)21-5-3-19-10-21)6-7-23-14-12(17)8-11(16)9-13(14)18/h12-18,24,29H,5-11,21H2,1-4H3,(H,22,26)(H,23,25)(H,27,28);3,5,8-10H,2,4,6-7H2,1H3/t15-,16?,17-,18-;/m1./s1. The minimum atomic E-state index is -2.76. The summed E-state index contributed by atoms with van der Waals surface area (Å²) in [6.45, 7) is 10.6. The Morgan fingerprint density at radius 2 is 1.69 bits per heavy atom. The van der Waals surface area contributed by atoms with Gasteiger partial charge in [0.2, 0.25) is 11.8 Å². The highest BCUT2D eigenvalue weighted by Crippen LogP contribution is 2.40. The van der Waals surface area contributed by atoms with Crippen molar-refractivity contribution < 1.29 is 33.7 Å². The zero-order valence-electron chi connectivity index (χ0n) is 30.7. The van der Waals surface area contributed by atoms with Gasteiger partial charge in [0.1, 0.15) is 19.0 Å². The first kappa shape index (κ1) is 45.8. The van der Waals surface area contributed by atoms with Crippen LogP contribution in [0.4, 0.5) is 4.79 Å². The van der Waals surface area contributed by atoms with E-state index in [4.69, 9.17) is 45.3 Å². The third-order valence-electron chi connectivity index (χ3n) is 8.90. The molecule has 1 heterocycles. The molecule has 52 heavy (non-hydrogen) atoms. The van der Waals surface area contributed by atoms with Crippen LogP contribution in [0.3, 0.4) is 0 Å². The number of hydrogen-bond donors (Lipinski definition) is 5. The summed E-state index contributed by atoms with van der Waals surface area (Å²) >= 11 is 18.0. The Bertz CT molecular complexity index is 1410. The summed E-state index contributed by atoms with van der Waals surface area (Å²) in [6, 6.07) is 1.51. The van der Waals surface area contributed by atoms with Crippen LogP contribution in [0.15, 0.2) is 30.9 Å². The lowest BCUT2D eigenvalue weighted by atomic mass is 9.85. The maximum atomic E-state index is 12.6. The van der Waals surface area contributed by atoms with Crippen molar-refractivity contribution in [3.05, 3.63) is 45.9 Å². The van der Waals surface area contributed by atoms with Gasteiger partial charge >= 0.3 is 6.03 Å². The highest BCUT2D eigenvalue weighted by atomic mass is 35.5. The molecule has 0 spiro atoms. The highest BCUT2D eigenvalue weighted by molar-refractivity contribution is 7.38. The van der Waals surface area contributed by atoms with Gasteiger partial charge in [0.05, 0.1) is 28.7 Å². The number of hydrogen-bond acceptors (Lipinski definition) is 8. The van der Waals surface area contributed by atoms with Crippen LogP contribution in [0, 0.1) is 17.8 Å². The van der Waals surface area contributed by atoms with Gasteiger partial charge in [-0.1, -0.05) is 88.7 Å². The maximum absolute atomic E-state index is 12.6. The minimum Gasteiger partial charge on any atom is -0.489 e. The quantitative estimate of drug-likeness (QED) is 0.120. The van der Waals surface area contributed by atoms with Crippen molar-refractivity contribution in [1.82, 2.24) is 25.1 Å². The first-order valence-electron chi connectivity index (χ1n) is 17.9. The molecule has 2 aromatic rings. The maximum Gasteiger partial charge on any atom is 0.329 e. The number of rotatable bonds is 17. The zero-order chi connectivity index (χ0) is 39.0. The van der Waals surface area contributed by atoms with Crippen LogP contribution >= 0.6 is 42.8 Å². The summed E-state index contributed by atoms with van der Waals surface area (Å²) in [6.07, 6.45) is 9.85. The summed E-state index contributed by atoms with van der Waals surface area (Å²) < 4.78 is 18.9. The van der Waals surface area contributed by atoms with Gasteiger partial charge in [0, 0.05) is 36.2 Å². The fraction of sp³-hybridized carbons (Fsp3) is 0.657. The first-order chi connectivity index (χ1) is 24.6. The van der Waals surface area contributed by atoms with Crippen LogP contribution in [0.25, 0.3) is 0 Å². The molecule has 0 saturated heterocycles. The number of aliphatic hydroxyl groups is 1. The molecule has 0 bridgehead atoms. The number of nitrogens with zero attached hydrogens (tertiary/aromatic N) is 3. The predicted octanol–water partition coefficient (Wildman–Crippen LogP) is 6.00. The molecule has 0 aliphatic heterocycles. The predicted molar refractivity (Wildman–Crippen MR) is 207 cm³/mol. The number of aliphatic hydroxyl groups excluding tert-OH is 1. The Morgan fingerprint density at radius 3 is 2.21 bits per heavy atom. The molecular formula is C35H56Cl3N6O7P. The lowest BCUT2D eigenvalue weighted by Crippen LogP contribution is -2.55. The second kappa shape index (κ2) is 23.4. The van der Waals surface area contributed by atoms with E-state index in [1.165, 1.54) is 10.9 Å². The number of amides is 3. The van der Waals surface area contributed by atoms with E-state index >= 15 is 0 Å². The SMILES string of the molecule is CC(C)[C@@H](N)C(=O)N[C@@H](C(=O)NC[C@H](O)CC(C1CCCCC1)[PH](=O)O)C(C)C.CCCN(CCOc1c(Cl)cc(Cl)cc1Cl)C(=O)n1ccnc1. The molecule has 13 nitrogen and oxygen atoms in total. The number of halogens is 3. The number of benzene rings is 1. The molecule has 1 aliphatic rings. The highest BCUT2D eigenvalue weighted by Gasteiger charge is 2.31. The Kier molecular flexibility index (Phi) is 20.6. The molecule has 17 heteroatoms. The van der Waals surface area contributed by atoms with Gasteiger partial charge < -0.3 is 36.0 Å². The third kappa shape index (κ3) is 15.2. The Morgan fingerprint density at radius 1 is 1.06 bits per heavy atom. The van der Waals surface area contributed by atoms with Crippen molar-refractivity contribution in [2.75, 3.05) is 26.2 Å². The van der Waals surface area contributed by atoms with Crippen molar-refractivity contribution in [1.29, 1.82) is 0 Å². The molecule has 3 rings (SSSR count). The van der Waals surface area contributed by atoms with E-state index in [0.717, 1.165) is 38.5 Å². The molecule has 1 aliphatic carbocycles. The van der Waals surface area contributed by atoms with Gasteiger partial charge in [-0.3, -0.25) is 18.7 Å². The second-order valence-corrected chi connectivity index (χ2v) is 16.4. The molecule has 1 saturated carbocycles. The summed E-state index contributed by atoms with van der Waals surface area (Å²) in [7, 11) is -2.76. The molecule has 0 radical (unpaired) electrons. The summed E-state index contributed by atoms with van der Waals surface area (Å²) in [5.74, 6) is -0.458. The zero-order valence-corrected chi connectivity index (χ0v) is 34.0. The third-order valence-corrected chi connectivity index (χ3v) is 11.0. The molecule has 1 fully saturated rings. The van der Waals surface area contributed by atoms with Gasteiger partial charge in [0.25, 0.3) is 0 Å². The van der Waals surface area contributed by atoms with E-state index < -0.39 is 37.8 Å². The molecule has 3 amide bonds. The van der Waals surface area contributed by atoms with Crippen molar-refractivity contribution in [2.45, 2.75) is 103 Å². The molecule has 1 aromatic carbocycles. The van der Waals surface area contributed by atoms with Crippen molar-refractivity contribution in [3.63, 3.8) is 0 Å². The molecular weight excluding hydrogens is 754 g/mol. The van der Waals surface area contributed by atoms with E-state index in [1.807, 2.05) is 34.6 Å². The molecule has 5 atom stereocenters. The number of carbonyl (C=O) groups excluding carboxylic acids is 3. The summed E-state index contributed by atoms with van der Waals surface area (Å²) in [5, 5.41) is 16.8. The largest absolute Gasteiger partial charge is 0.489 e. The van der Waals surface area contributed by atoms with E-state index in [0.29, 0.717) is 33.9 Å². The van der Waals surface area contributed by atoms with Crippen molar-refractivity contribution in [3.8, 4) is 5.75 Å². The fourth-order valence-corrected chi connectivity index (χ4v) is 7.99. The lowest BCUT2D eigenvalue weighted by molar-refractivity contribution is -0.131. The normalized spacial score (nSPS) is 16.2. The number of carbonyl (C=O) groups is 3. The van der Waals surface area contributed by atoms with Crippen LogP contribution in [0.1, 0.15) is 79.6 Å². The van der Waals surface area contributed by atoms with E-state index in [-0.39, 0.29) is 49.3 Å². The van der Waals surface area contributed by atoms with Crippen molar-refractivity contribution in [2.24, 2.45) is 23.5 Å². The van der Waals surface area contributed by atoms with Crippen LogP contribution < -0.4 is 21.1 Å². The number of aromatic nitrogens is 2. The molecule has 6 N–H and O–H groups in total. The van der Waals surface area contributed by atoms with Gasteiger partial charge in [0.15, 0.2) is 13.8 Å². The molecule has 1 aromatic heterocycles. The number of nitrogens with one attached hydrogen (secondary N) is 2. The Labute approximate surface area is 323 Å². The van der Waals surface area contributed by atoms with Crippen molar-refractivity contribution >= 4 is 60.7 Å². The van der Waals surface area contributed by atoms with Gasteiger partial charge in [-0.25, -0.2) is 9.78 Å². The van der Waals surface area contributed by atoms with Crippen LogP contribution in [0.5, 0.6) is 5.75 Å². The van der Waals surface area contributed by atoms with E-state index in [1.54, 1.807) is 29.4 Å². The van der Waals surface area contributed by atoms with Gasteiger partial charge in [-0.15, -0.1) is 0 Å². The summed E-state index contributed by atoms with van der Waals surface area (Å²) in [4.78, 5) is 52.4. The second-order valence-electron chi connectivity index (χ2n) is 13.8. The molecule has 294 valence electrons. The van der Waals surface area contributed by atoms with Gasteiger partial charge in [-0.05, 0) is 55.6 Å². The average Bonchev–Trinajstić information content (AvgIpc) is 3.64. The van der Waals surface area contributed by atoms with E-state index in [2.05, 4.69) is 15.6 Å².